The quantitative estimate of drug-likeness (QED) is 0.899. The summed E-state index contributed by atoms with van der Waals surface area (Å²) in [5.74, 6) is -0.780. The number of carboxylic acid groups (broad SMARTS) is 1. The third-order valence-corrected chi connectivity index (χ3v) is 3.06. The molecule has 1 N–H and O–H groups in total. The predicted octanol–water partition coefficient (Wildman–Crippen LogP) is 2.51. The van der Waals surface area contributed by atoms with Crippen LogP contribution in [0.3, 0.4) is 0 Å². The Morgan fingerprint density at radius 1 is 1.33 bits per heavy atom. The molecule has 4 heteroatoms. The second-order valence-corrected chi connectivity index (χ2v) is 4.35. The van der Waals surface area contributed by atoms with E-state index in [1.165, 1.54) is 0 Å². The normalized spacial score (nSPS) is 10.6. The number of aliphatic carboxylic acids is 1. The van der Waals surface area contributed by atoms with Crippen molar-refractivity contribution in [3.05, 3.63) is 47.3 Å². The summed E-state index contributed by atoms with van der Waals surface area (Å²) in [6, 6.07) is 8.01. The molecule has 0 saturated heterocycles. The number of hydrogen-bond acceptors (Lipinski definition) is 2. The predicted molar refractivity (Wildman–Crippen MR) is 69.0 cm³/mol. The molecule has 1 aromatic carbocycles. The maximum absolute atomic E-state index is 10.6. The molecule has 0 radical (unpaired) electrons. The second-order valence-electron chi connectivity index (χ2n) is 4.35. The van der Waals surface area contributed by atoms with Gasteiger partial charge in [-0.1, -0.05) is 18.2 Å². The number of benzene rings is 1. The fourth-order valence-corrected chi connectivity index (χ4v) is 1.97. The molecule has 0 spiro atoms. The summed E-state index contributed by atoms with van der Waals surface area (Å²) in [7, 11) is 0. The molecule has 0 atom stereocenters. The number of aryl methyl sites for hydroxylation is 2. The summed E-state index contributed by atoms with van der Waals surface area (Å²) in [4.78, 5) is 10.6. The Kier molecular flexibility index (Phi) is 3.46. The number of aromatic nitrogens is 2. The van der Waals surface area contributed by atoms with Gasteiger partial charge >= 0.3 is 5.97 Å². The molecule has 18 heavy (non-hydrogen) atoms. The van der Waals surface area contributed by atoms with Crippen molar-refractivity contribution in [2.45, 2.75) is 26.7 Å². The summed E-state index contributed by atoms with van der Waals surface area (Å²) < 4.78 is 1.87. The van der Waals surface area contributed by atoms with Crippen LogP contribution in [0.15, 0.2) is 30.5 Å². The Labute approximate surface area is 106 Å². The second kappa shape index (κ2) is 5.04. The van der Waals surface area contributed by atoms with Crippen molar-refractivity contribution in [3.8, 4) is 5.69 Å². The van der Waals surface area contributed by atoms with E-state index >= 15 is 0 Å². The summed E-state index contributed by atoms with van der Waals surface area (Å²) in [6.45, 7) is 4.00. The summed E-state index contributed by atoms with van der Waals surface area (Å²) in [5, 5.41) is 13.1. The van der Waals surface area contributed by atoms with E-state index in [0.29, 0.717) is 6.42 Å². The summed E-state index contributed by atoms with van der Waals surface area (Å²) in [6.07, 6.45) is 2.41. The van der Waals surface area contributed by atoms with Crippen LogP contribution in [-0.2, 0) is 11.2 Å². The van der Waals surface area contributed by atoms with Gasteiger partial charge in [0.2, 0.25) is 0 Å². The highest BCUT2D eigenvalue weighted by Gasteiger charge is 2.10. The van der Waals surface area contributed by atoms with Gasteiger partial charge in [0.15, 0.2) is 0 Å². The highest BCUT2D eigenvalue weighted by Crippen LogP contribution is 2.18. The van der Waals surface area contributed by atoms with Crippen LogP contribution in [-0.4, -0.2) is 20.9 Å². The van der Waals surface area contributed by atoms with Gasteiger partial charge in [0.1, 0.15) is 0 Å². The Morgan fingerprint density at radius 3 is 2.72 bits per heavy atom. The van der Waals surface area contributed by atoms with E-state index < -0.39 is 5.97 Å². The molecular formula is C14H16N2O2. The monoisotopic (exact) mass is 244 g/mol. The first-order chi connectivity index (χ1) is 8.59. The van der Waals surface area contributed by atoms with E-state index in [9.17, 15) is 4.79 Å². The van der Waals surface area contributed by atoms with Crippen LogP contribution in [0.5, 0.6) is 0 Å². The molecular weight excluding hydrogens is 228 g/mol. The first kappa shape index (κ1) is 12.4. The van der Waals surface area contributed by atoms with Crippen LogP contribution in [0.1, 0.15) is 23.2 Å². The molecule has 0 saturated carbocycles. The van der Waals surface area contributed by atoms with Gasteiger partial charge in [0.25, 0.3) is 0 Å². The molecule has 2 rings (SSSR count). The topological polar surface area (TPSA) is 55.1 Å². The van der Waals surface area contributed by atoms with Gasteiger partial charge in [-0.3, -0.25) is 4.79 Å². The Balaban J connectivity index is 2.31. The van der Waals surface area contributed by atoms with Crippen molar-refractivity contribution in [2.24, 2.45) is 0 Å². The number of nitrogens with zero attached hydrogens (tertiary/aromatic N) is 2. The average molecular weight is 244 g/mol. The standard InChI is InChI=1S/C14H16N2O2/c1-10-5-3-4-6-13(10)16-11(2)12(9-15-16)7-8-14(17)18/h3-6,9H,7-8H2,1-2H3,(H,17,18). The smallest absolute Gasteiger partial charge is 0.303 e. The number of carboxylic acids is 1. The lowest BCUT2D eigenvalue weighted by Crippen LogP contribution is -2.02. The Bertz CT molecular complexity index is 573. The number of para-hydroxylation sites is 1. The first-order valence-electron chi connectivity index (χ1n) is 5.91. The van der Waals surface area contributed by atoms with Gasteiger partial charge in [-0.15, -0.1) is 0 Å². The minimum absolute atomic E-state index is 0.139. The summed E-state index contributed by atoms with van der Waals surface area (Å²) in [5.41, 5.74) is 4.18. The van der Waals surface area contributed by atoms with Crippen LogP contribution < -0.4 is 0 Å². The van der Waals surface area contributed by atoms with Gasteiger partial charge in [-0.05, 0) is 37.5 Å². The molecule has 0 aliphatic heterocycles. The van der Waals surface area contributed by atoms with E-state index in [-0.39, 0.29) is 6.42 Å². The Morgan fingerprint density at radius 2 is 2.06 bits per heavy atom. The molecule has 4 nitrogen and oxygen atoms in total. The van der Waals surface area contributed by atoms with Crippen molar-refractivity contribution in [3.63, 3.8) is 0 Å². The molecule has 0 amide bonds. The van der Waals surface area contributed by atoms with E-state index in [4.69, 9.17) is 5.11 Å². The SMILES string of the molecule is Cc1ccccc1-n1ncc(CCC(=O)O)c1C. The number of rotatable bonds is 4. The number of hydrogen-bond donors (Lipinski definition) is 1. The third-order valence-electron chi connectivity index (χ3n) is 3.06. The molecule has 2 aromatic rings. The molecule has 0 fully saturated rings. The van der Waals surface area contributed by atoms with Crippen molar-refractivity contribution in [2.75, 3.05) is 0 Å². The van der Waals surface area contributed by atoms with Crippen LogP contribution in [0.2, 0.25) is 0 Å². The molecule has 0 aliphatic rings. The average Bonchev–Trinajstić information content (AvgIpc) is 2.69. The van der Waals surface area contributed by atoms with Crippen molar-refractivity contribution < 1.29 is 9.90 Å². The molecule has 0 aliphatic carbocycles. The van der Waals surface area contributed by atoms with Crippen LogP contribution in [0.4, 0.5) is 0 Å². The highest BCUT2D eigenvalue weighted by molar-refractivity contribution is 5.67. The van der Waals surface area contributed by atoms with Gasteiger partial charge in [0.05, 0.1) is 11.9 Å². The van der Waals surface area contributed by atoms with Crippen molar-refractivity contribution >= 4 is 5.97 Å². The van der Waals surface area contributed by atoms with Crippen molar-refractivity contribution in [1.82, 2.24) is 9.78 Å². The van der Waals surface area contributed by atoms with E-state index in [1.54, 1.807) is 6.20 Å². The zero-order chi connectivity index (χ0) is 13.1. The summed E-state index contributed by atoms with van der Waals surface area (Å²) >= 11 is 0. The lowest BCUT2D eigenvalue weighted by atomic mass is 10.1. The minimum atomic E-state index is -0.780. The largest absolute Gasteiger partial charge is 0.481 e. The zero-order valence-electron chi connectivity index (χ0n) is 10.6. The fourth-order valence-electron chi connectivity index (χ4n) is 1.97. The van der Waals surface area contributed by atoms with E-state index in [0.717, 1.165) is 22.5 Å². The van der Waals surface area contributed by atoms with Crippen LogP contribution in [0.25, 0.3) is 5.69 Å². The van der Waals surface area contributed by atoms with Gasteiger partial charge < -0.3 is 5.11 Å². The van der Waals surface area contributed by atoms with Gasteiger partial charge in [0, 0.05) is 12.1 Å². The number of carbonyl (C=O) groups is 1. The van der Waals surface area contributed by atoms with Crippen LogP contribution >= 0.6 is 0 Å². The zero-order valence-corrected chi connectivity index (χ0v) is 10.6. The molecule has 0 unspecified atom stereocenters. The maximum Gasteiger partial charge on any atom is 0.303 e. The van der Waals surface area contributed by atoms with E-state index in [1.807, 2.05) is 42.8 Å². The van der Waals surface area contributed by atoms with Crippen molar-refractivity contribution in [1.29, 1.82) is 0 Å². The molecule has 1 aromatic heterocycles. The first-order valence-corrected chi connectivity index (χ1v) is 5.91. The maximum atomic E-state index is 10.6. The van der Waals surface area contributed by atoms with E-state index in [2.05, 4.69) is 5.10 Å². The Hall–Kier alpha value is -2.10. The lowest BCUT2D eigenvalue weighted by Gasteiger charge is -2.08. The highest BCUT2D eigenvalue weighted by atomic mass is 16.4. The molecule has 94 valence electrons. The lowest BCUT2D eigenvalue weighted by molar-refractivity contribution is -0.136. The molecule has 0 bridgehead atoms. The van der Waals surface area contributed by atoms with Gasteiger partial charge in [-0.2, -0.15) is 5.10 Å². The third kappa shape index (κ3) is 2.42. The minimum Gasteiger partial charge on any atom is -0.481 e. The fraction of sp³-hybridized carbons (Fsp3) is 0.286. The molecule has 1 heterocycles. The van der Waals surface area contributed by atoms with Gasteiger partial charge in [-0.25, -0.2) is 4.68 Å². The van der Waals surface area contributed by atoms with Crippen LogP contribution in [0, 0.1) is 13.8 Å².